The van der Waals surface area contributed by atoms with Gasteiger partial charge in [0.1, 0.15) is 12.1 Å². The number of rotatable bonds is 6. The molecular formula is C18H18BrN3O2. The maximum absolute atomic E-state index is 5.67. The van der Waals surface area contributed by atoms with Crippen molar-refractivity contribution >= 4 is 38.3 Å². The summed E-state index contributed by atoms with van der Waals surface area (Å²) in [4.78, 5) is 8.66. The molecular weight excluding hydrogens is 370 g/mol. The van der Waals surface area contributed by atoms with Gasteiger partial charge in [0.15, 0.2) is 11.5 Å². The van der Waals surface area contributed by atoms with Crippen LogP contribution in [0.1, 0.15) is 13.8 Å². The van der Waals surface area contributed by atoms with E-state index in [2.05, 4.69) is 31.2 Å². The summed E-state index contributed by atoms with van der Waals surface area (Å²) in [6, 6.07) is 11.7. The first kappa shape index (κ1) is 16.5. The van der Waals surface area contributed by atoms with Crippen molar-refractivity contribution in [3.05, 3.63) is 47.2 Å². The second-order valence-corrected chi connectivity index (χ2v) is 5.95. The third-order valence-corrected chi connectivity index (χ3v) is 3.90. The number of anilines is 2. The molecule has 0 unspecified atom stereocenters. The molecule has 24 heavy (non-hydrogen) atoms. The summed E-state index contributed by atoms with van der Waals surface area (Å²) in [5.41, 5.74) is 1.76. The van der Waals surface area contributed by atoms with E-state index in [1.807, 2.05) is 50.2 Å². The summed E-state index contributed by atoms with van der Waals surface area (Å²) < 4.78 is 12.2. The topological polar surface area (TPSA) is 56.3 Å². The number of hydrogen-bond acceptors (Lipinski definition) is 5. The van der Waals surface area contributed by atoms with Gasteiger partial charge in [-0.2, -0.15) is 0 Å². The molecule has 2 aromatic carbocycles. The van der Waals surface area contributed by atoms with Crippen LogP contribution >= 0.6 is 15.9 Å². The third-order valence-electron chi connectivity index (χ3n) is 3.40. The summed E-state index contributed by atoms with van der Waals surface area (Å²) in [7, 11) is 0. The zero-order chi connectivity index (χ0) is 16.9. The standard InChI is InChI=1S/C18H18BrN3O2/c1-3-23-16-8-6-13(10-17(16)24-4-2)22-18-14-9-12(19)5-7-15(14)20-11-21-18/h5-11H,3-4H2,1-2H3,(H,20,21,22). The van der Waals surface area contributed by atoms with Gasteiger partial charge >= 0.3 is 0 Å². The second-order valence-electron chi connectivity index (χ2n) is 5.04. The lowest BCUT2D eigenvalue weighted by Gasteiger charge is -2.14. The highest BCUT2D eigenvalue weighted by Crippen LogP contribution is 2.33. The van der Waals surface area contributed by atoms with E-state index in [-0.39, 0.29) is 0 Å². The first-order valence-electron chi connectivity index (χ1n) is 7.78. The minimum atomic E-state index is 0.576. The fourth-order valence-corrected chi connectivity index (χ4v) is 2.76. The molecule has 0 amide bonds. The largest absolute Gasteiger partial charge is 0.490 e. The molecule has 1 heterocycles. The van der Waals surface area contributed by atoms with Crippen molar-refractivity contribution in [3.63, 3.8) is 0 Å². The second kappa shape index (κ2) is 7.49. The van der Waals surface area contributed by atoms with Crippen LogP contribution < -0.4 is 14.8 Å². The van der Waals surface area contributed by atoms with E-state index in [4.69, 9.17) is 9.47 Å². The van der Waals surface area contributed by atoms with Crippen LogP contribution in [0.15, 0.2) is 47.2 Å². The molecule has 0 aliphatic rings. The van der Waals surface area contributed by atoms with Crippen molar-refractivity contribution in [2.24, 2.45) is 0 Å². The van der Waals surface area contributed by atoms with Crippen LogP contribution in [-0.2, 0) is 0 Å². The molecule has 0 radical (unpaired) electrons. The first-order valence-corrected chi connectivity index (χ1v) is 8.57. The molecule has 124 valence electrons. The van der Waals surface area contributed by atoms with Crippen LogP contribution in [0.4, 0.5) is 11.5 Å². The normalized spacial score (nSPS) is 10.6. The minimum absolute atomic E-state index is 0.576. The summed E-state index contributed by atoms with van der Waals surface area (Å²) in [5, 5.41) is 4.28. The van der Waals surface area contributed by atoms with E-state index >= 15 is 0 Å². The van der Waals surface area contributed by atoms with Gasteiger partial charge in [0.25, 0.3) is 0 Å². The fourth-order valence-electron chi connectivity index (χ4n) is 2.39. The molecule has 0 fully saturated rings. The lowest BCUT2D eigenvalue weighted by molar-refractivity contribution is 0.288. The lowest BCUT2D eigenvalue weighted by Crippen LogP contribution is -2.00. The highest BCUT2D eigenvalue weighted by molar-refractivity contribution is 9.10. The zero-order valence-corrected chi connectivity index (χ0v) is 15.1. The van der Waals surface area contributed by atoms with Crippen LogP contribution in [0.3, 0.4) is 0 Å². The van der Waals surface area contributed by atoms with Crippen molar-refractivity contribution in [3.8, 4) is 11.5 Å². The van der Waals surface area contributed by atoms with Gasteiger partial charge in [-0.3, -0.25) is 0 Å². The van der Waals surface area contributed by atoms with Gasteiger partial charge in [0.05, 0.1) is 18.7 Å². The van der Waals surface area contributed by atoms with E-state index < -0.39 is 0 Å². The molecule has 0 aliphatic carbocycles. The Bertz CT molecular complexity index is 855. The Morgan fingerprint density at radius 2 is 1.75 bits per heavy atom. The highest BCUT2D eigenvalue weighted by atomic mass is 79.9. The quantitative estimate of drug-likeness (QED) is 0.649. The lowest BCUT2D eigenvalue weighted by atomic mass is 10.2. The van der Waals surface area contributed by atoms with Gasteiger partial charge in [-0.1, -0.05) is 15.9 Å². The first-order chi connectivity index (χ1) is 11.7. The average Bonchev–Trinajstić information content (AvgIpc) is 2.58. The monoisotopic (exact) mass is 387 g/mol. The summed E-state index contributed by atoms with van der Waals surface area (Å²) in [5.74, 6) is 2.19. The minimum Gasteiger partial charge on any atom is -0.490 e. The van der Waals surface area contributed by atoms with Gasteiger partial charge in [0, 0.05) is 21.6 Å². The maximum atomic E-state index is 5.67. The van der Waals surface area contributed by atoms with Crippen molar-refractivity contribution < 1.29 is 9.47 Å². The predicted octanol–water partition coefficient (Wildman–Crippen LogP) is 4.93. The number of nitrogens with zero attached hydrogens (tertiary/aromatic N) is 2. The molecule has 3 aromatic rings. The number of hydrogen-bond donors (Lipinski definition) is 1. The molecule has 0 saturated carbocycles. The van der Waals surface area contributed by atoms with Crippen molar-refractivity contribution in [1.82, 2.24) is 9.97 Å². The van der Waals surface area contributed by atoms with Crippen LogP contribution in [0.5, 0.6) is 11.5 Å². The van der Waals surface area contributed by atoms with Gasteiger partial charge in [0.2, 0.25) is 0 Å². The molecule has 1 aromatic heterocycles. The van der Waals surface area contributed by atoms with Crippen molar-refractivity contribution in [2.45, 2.75) is 13.8 Å². The number of aromatic nitrogens is 2. The Balaban J connectivity index is 1.96. The molecule has 0 spiro atoms. The SMILES string of the molecule is CCOc1ccc(Nc2ncnc3ccc(Br)cc23)cc1OCC. The molecule has 5 nitrogen and oxygen atoms in total. The van der Waals surface area contributed by atoms with E-state index in [0.29, 0.717) is 19.0 Å². The summed E-state index contributed by atoms with van der Waals surface area (Å²) >= 11 is 3.49. The fraction of sp³-hybridized carbons (Fsp3) is 0.222. The van der Waals surface area contributed by atoms with E-state index in [1.54, 1.807) is 6.33 Å². The molecule has 0 atom stereocenters. The molecule has 3 rings (SSSR count). The molecule has 1 N–H and O–H groups in total. The average molecular weight is 388 g/mol. The van der Waals surface area contributed by atoms with Crippen LogP contribution in [-0.4, -0.2) is 23.2 Å². The number of benzene rings is 2. The number of halogens is 1. The number of fused-ring (bicyclic) bond motifs is 1. The van der Waals surface area contributed by atoms with E-state index in [1.165, 1.54) is 0 Å². The van der Waals surface area contributed by atoms with Crippen LogP contribution in [0.2, 0.25) is 0 Å². The Morgan fingerprint density at radius 3 is 2.54 bits per heavy atom. The van der Waals surface area contributed by atoms with Crippen LogP contribution in [0.25, 0.3) is 10.9 Å². The molecule has 6 heteroatoms. The highest BCUT2D eigenvalue weighted by Gasteiger charge is 2.09. The van der Waals surface area contributed by atoms with Crippen LogP contribution in [0, 0.1) is 0 Å². The molecule has 0 saturated heterocycles. The van der Waals surface area contributed by atoms with Gasteiger partial charge in [-0.25, -0.2) is 9.97 Å². The molecule has 0 bridgehead atoms. The van der Waals surface area contributed by atoms with Gasteiger partial charge in [-0.15, -0.1) is 0 Å². The van der Waals surface area contributed by atoms with Crippen molar-refractivity contribution in [2.75, 3.05) is 18.5 Å². The Morgan fingerprint density at radius 1 is 0.958 bits per heavy atom. The predicted molar refractivity (Wildman–Crippen MR) is 99.3 cm³/mol. The Labute approximate surface area is 149 Å². The maximum Gasteiger partial charge on any atom is 0.163 e. The van der Waals surface area contributed by atoms with E-state index in [9.17, 15) is 0 Å². The Hall–Kier alpha value is -2.34. The molecule has 0 aliphatic heterocycles. The summed E-state index contributed by atoms with van der Waals surface area (Å²) in [6.07, 6.45) is 1.55. The summed E-state index contributed by atoms with van der Waals surface area (Å²) in [6.45, 7) is 5.07. The smallest absolute Gasteiger partial charge is 0.163 e. The zero-order valence-electron chi connectivity index (χ0n) is 13.5. The van der Waals surface area contributed by atoms with Gasteiger partial charge in [-0.05, 0) is 44.2 Å². The number of nitrogens with one attached hydrogen (secondary N) is 1. The van der Waals surface area contributed by atoms with E-state index in [0.717, 1.165) is 32.6 Å². The Kier molecular flexibility index (Phi) is 5.15. The van der Waals surface area contributed by atoms with Gasteiger partial charge < -0.3 is 14.8 Å². The third kappa shape index (κ3) is 3.59. The number of ether oxygens (including phenoxy) is 2. The van der Waals surface area contributed by atoms with Crippen molar-refractivity contribution in [1.29, 1.82) is 0 Å².